The van der Waals surface area contributed by atoms with Crippen LogP contribution in [0, 0.1) is 11.3 Å². The third-order valence-electron chi connectivity index (χ3n) is 0.648. The molecule has 0 aromatic heterocycles. The van der Waals surface area contributed by atoms with Gasteiger partial charge in [-0.05, 0) is 0 Å². The zero-order valence-electron chi connectivity index (χ0n) is 4.08. The zero-order chi connectivity index (χ0) is 6.57. The van der Waals surface area contributed by atoms with Gasteiger partial charge in [-0.2, -0.15) is 5.26 Å². The molecular weight excluding hydrogens is 130 g/mol. The van der Waals surface area contributed by atoms with Gasteiger partial charge >= 0.3 is 0 Å². The van der Waals surface area contributed by atoms with Crippen molar-refractivity contribution in [2.45, 2.75) is 11.5 Å². The molecule has 0 radical (unpaired) electrons. The predicted octanol–water partition coefficient (Wildman–Crippen LogP) is -0.529. The van der Waals surface area contributed by atoms with Crippen molar-refractivity contribution in [2.75, 3.05) is 6.61 Å². The molecule has 0 aromatic rings. The molecule has 0 aliphatic carbocycles. The summed E-state index contributed by atoms with van der Waals surface area (Å²) in [7, 11) is 0. The molecule has 2 atom stereocenters. The molecule has 8 heavy (non-hydrogen) atoms. The highest BCUT2D eigenvalue weighted by Gasteiger charge is 2.12. The lowest BCUT2D eigenvalue weighted by molar-refractivity contribution is 0.101. The molecule has 0 aliphatic heterocycles. The van der Waals surface area contributed by atoms with Crippen LogP contribution in [0.2, 0.25) is 0 Å². The van der Waals surface area contributed by atoms with Crippen LogP contribution in [-0.4, -0.2) is 28.3 Å². The third kappa shape index (κ3) is 2.12. The number of nitrogens with zero attached hydrogens (tertiary/aromatic N) is 1. The standard InChI is InChI=1S/C4H6ClNO2/c5-3(1-6)4(8)2-7/h3-4,7-8H,2H2/t3-,4+/m1/s1. The van der Waals surface area contributed by atoms with Crippen molar-refractivity contribution in [3.8, 4) is 6.07 Å². The van der Waals surface area contributed by atoms with Crippen LogP contribution < -0.4 is 0 Å². The Bertz CT molecular complexity index is 101. The molecule has 2 N–H and O–H groups in total. The molecule has 0 aromatic carbocycles. The quantitative estimate of drug-likeness (QED) is 0.501. The van der Waals surface area contributed by atoms with E-state index in [-0.39, 0.29) is 0 Å². The Kier molecular flexibility index (Phi) is 3.53. The third-order valence-corrected chi connectivity index (χ3v) is 1.04. The highest BCUT2D eigenvalue weighted by molar-refractivity contribution is 6.22. The van der Waals surface area contributed by atoms with Crippen molar-refractivity contribution in [3.63, 3.8) is 0 Å². The molecular formula is C4H6ClNO2. The van der Waals surface area contributed by atoms with Gasteiger partial charge in [-0.25, -0.2) is 0 Å². The monoisotopic (exact) mass is 135 g/mol. The van der Waals surface area contributed by atoms with Gasteiger partial charge in [0.2, 0.25) is 0 Å². The van der Waals surface area contributed by atoms with Crippen molar-refractivity contribution in [1.29, 1.82) is 5.26 Å². The summed E-state index contributed by atoms with van der Waals surface area (Å²) < 4.78 is 0. The molecule has 0 saturated carbocycles. The van der Waals surface area contributed by atoms with Gasteiger partial charge in [0.25, 0.3) is 0 Å². The molecule has 0 amide bonds. The van der Waals surface area contributed by atoms with Gasteiger partial charge in [0.05, 0.1) is 12.7 Å². The van der Waals surface area contributed by atoms with E-state index in [4.69, 9.17) is 27.1 Å². The summed E-state index contributed by atoms with van der Waals surface area (Å²) in [4.78, 5) is 0. The average molecular weight is 136 g/mol. The highest BCUT2D eigenvalue weighted by Crippen LogP contribution is 1.98. The lowest BCUT2D eigenvalue weighted by Crippen LogP contribution is -2.22. The van der Waals surface area contributed by atoms with Gasteiger partial charge in [0.1, 0.15) is 11.5 Å². The second-order valence-corrected chi connectivity index (χ2v) is 1.75. The molecule has 0 aliphatic rings. The van der Waals surface area contributed by atoms with E-state index in [1.54, 1.807) is 6.07 Å². The van der Waals surface area contributed by atoms with Gasteiger partial charge in [0, 0.05) is 0 Å². The number of halogens is 1. The fraction of sp³-hybridized carbons (Fsp3) is 0.750. The van der Waals surface area contributed by atoms with E-state index < -0.39 is 18.1 Å². The topological polar surface area (TPSA) is 64.2 Å². The van der Waals surface area contributed by atoms with Crippen LogP contribution in [0.5, 0.6) is 0 Å². The van der Waals surface area contributed by atoms with E-state index in [1.165, 1.54) is 0 Å². The first kappa shape index (κ1) is 7.70. The number of aliphatic hydroxyl groups is 2. The molecule has 3 nitrogen and oxygen atoms in total. The van der Waals surface area contributed by atoms with Crippen LogP contribution in [0.15, 0.2) is 0 Å². The van der Waals surface area contributed by atoms with Crippen molar-refractivity contribution >= 4 is 11.6 Å². The van der Waals surface area contributed by atoms with Crippen LogP contribution >= 0.6 is 11.6 Å². The minimum atomic E-state index is -1.12. The van der Waals surface area contributed by atoms with Crippen LogP contribution in [-0.2, 0) is 0 Å². The number of alkyl halides is 1. The SMILES string of the molecule is N#C[C@@H](Cl)[C@@H](O)CO. The summed E-state index contributed by atoms with van der Waals surface area (Å²) >= 11 is 5.14. The second kappa shape index (κ2) is 3.67. The summed E-state index contributed by atoms with van der Waals surface area (Å²) in [5.41, 5.74) is 0. The second-order valence-electron chi connectivity index (χ2n) is 1.28. The lowest BCUT2D eigenvalue weighted by atomic mass is 10.3. The Morgan fingerprint density at radius 2 is 2.25 bits per heavy atom. The molecule has 0 spiro atoms. The Morgan fingerprint density at radius 3 is 2.38 bits per heavy atom. The van der Waals surface area contributed by atoms with E-state index in [0.717, 1.165) is 0 Å². The fourth-order valence-corrected chi connectivity index (χ4v) is 0.258. The van der Waals surface area contributed by atoms with Crippen LogP contribution in [0.1, 0.15) is 0 Å². The maximum atomic E-state index is 8.52. The number of nitriles is 1. The summed E-state index contributed by atoms with van der Waals surface area (Å²) in [5, 5.41) is 23.7. The van der Waals surface area contributed by atoms with Crippen molar-refractivity contribution in [1.82, 2.24) is 0 Å². The van der Waals surface area contributed by atoms with Gasteiger partial charge in [-0.1, -0.05) is 0 Å². The maximum Gasteiger partial charge on any atom is 0.148 e. The largest absolute Gasteiger partial charge is 0.394 e. The average Bonchev–Trinajstić information content (AvgIpc) is 1.84. The smallest absolute Gasteiger partial charge is 0.148 e. The van der Waals surface area contributed by atoms with E-state index in [2.05, 4.69) is 0 Å². The molecule has 46 valence electrons. The van der Waals surface area contributed by atoms with Crippen LogP contribution in [0.4, 0.5) is 0 Å². The molecule has 0 rings (SSSR count). The minimum absolute atomic E-state index is 0.471. The fourth-order valence-electron chi connectivity index (χ4n) is 0.179. The molecule has 0 heterocycles. The number of hydrogen-bond donors (Lipinski definition) is 2. The highest BCUT2D eigenvalue weighted by atomic mass is 35.5. The predicted molar refractivity (Wildman–Crippen MR) is 28.3 cm³/mol. The van der Waals surface area contributed by atoms with Gasteiger partial charge in [-0.15, -0.1) is 11.6 Å². The first-order valence-corrected chi connectivity index (χ1v) is 2.48. The summed E-state index contributed by atoms with van der Waals surface area (Å²) in [5.74, 6) is 0. The number of hydrogen-bond acceptors (Lipinski definition) is 3. The van der Waals surface area contributed by atoms with Gasteiger partial charge in [-0.3, -0.25) is 0 Å². The first-order chi connectivity index (χ1) is 3.72. The van der Waals surface area contributed by atoms with Gasteiger partial charge < -0.3 is 10.2 Å². The summed E-state index contributed by atoms with van der Waals surface area (Å²) in [6, 6.07) is 1.57. The molecule has 4 heteroatoms. The lowest BCUT2D eigenvalue weighted by Gasteiger charge is -2.04. The zero-order valence-corrected chi connectivity index (χ0v) is 4.84. The van der Waals surface area contributed by atoms with E-state index in [1.807, 2.05) is 0 Å². The maximum absolute atomic E-state index is 8.52. The Labute approximate surface area is 52.1 Å². The number of aliphatic hydroxyl groups excluding tert-OH is 2. The van der Waals surface area contributed by atoms with Crippen molar-refractivity contribution in [2.24, 2.45) is 0 Å². The van der Waals surface area contributed by atoms with Gasteiger partial charge in [0.15, 0.2) is 0 Å². The first-order valence-electron chi connectivity index (χ1n) is 2.05. The molecule has 0 fully saturated rings. The van der Waals surface area contributed by atoms with E-state index >= 15 is 0 Å². The summed E-state index contributed by atoms with van der Waals surface area (Å²) in [6.45, 7) is -0.471. The normalized spacial score (nSPS) is 16.8. The Hall–Kier alpha value is -0.300. The van der Waals surface area contributed by atoms with E-state index in [9.17, 15) is 0 Å². The Balaban J connectivity index is 3.49. The van der Waals surface area contributed by atoms with Crippen LogP contribution in [0.25, 0.3) is 0 Å². The Morgan fingerprint density at radius 1 is 1.75 bits per heavy atom. The molecule has 0 bridgehead atoms. The van der Waals surface area contributed by atoms with E-state index in [0.29, 0.717) is 0 Å². The van der Waals surface area contributed by atoms with Crippen molar-refractivity contribution in [3.05, 3.63) is 0 Å². The number of rotatable bonds is 2. The minimum Gasteiger partial charge on any atom is -0.394 e. The summed E-state index contributed by atoms with van der Waals surface area (Å²) in [6.07, 6.45) is -1.12. The van der Waals surface area contributed by atoms with Crippen LogP contribution in [0.3, 0.4) is 0 Å². The molecule has 0 unspecified atom stereocenters. The molecule has 0 saturated heterocycles. The van der Waals surface area contributed by atoms with Crippen molar-refractivity contribution < 1.29 is 10.2 Å².